The van der Waals surface area contributed by atoms with E-state index in [0.717, 1.165) is 0 Å². The van der Waals surface area contributed by atoms with Crippen molar-refractivity contribution >= 4 is 0 Å². The van der Waals surface area contributed by atoms with E-state index < -0.39 is 12.1 Å². The first kappa shape index (κ1) is 10.9. The first-order chi connectivity index (χ1) is 5.82. The van der Waals surface area contributed by atoms with Gasteiger partial charge in [0.05, 0.1) is 5.92 Å². The lowest BCUT2D eigenvalue weighted by Gasteiger charge is -2.38. The second kappa shape index (κ2) is 3.50. The van der Waals surface area contributed by atoms with Gasteiger partial charge in [0.2, 0.25) is 0 Å². The van der Waals surface area contributed by atoms with Crippen molar-refractivity contribution in [1.82, 2.24) is 0 Å². The molecule has 1 saturated carbocycles. The minimum absolute atomic E-state index is 0.203. The molecule has 0 N–H and O–H groups in total. The third kappa shape index (κ3) is 2.38. The van der Waals surface area contributed by atoms with Crippen molar-refractivity contribution in [3.8, 4) is 0 Å². The summed E-state index contributed by atoms with van der Waals surface area (Å²) in [6, 6.07) is 0. The smallest absolute Gasteiger partial charge is 0.171 e. The Morgan fingerprint density at radius 1 is 0.846 bits per heavy atom. The van der Waals surface area contributed by atoms with Gasteiger partial charge in [0.15, 0.2) is 0 Å². The van der Waals surface area contributed by atoms with E-state index in [9.17, 15) is 13.2 Å². The summed E-state index contributed by atoms with van der Waals surface area (Å²) in [6.45, 7) is 5.70. The van der Waals surface area contributed by atoms with Gasteiger partial charge in [0, 0.05) is 0 Å². The van der Waals surface area contributed by atoms with Crippen molar-refractivity contribution in [3.05, 3.63) is 0 Å². The lowest BCUT2D eigenvalue weighted by molar-refractivity contribution is -0.201. The summed E-state index contributed by atoms with van der Waals surface area (Å²) in [5.74, 6) is -0.624. The second-order valence-corrected chi connectivity index (χ2v) is 4.55. The zero-order valence-electron chi connectivity index (χ0n) is 8.36. The summed E-state index contributed by atoms with van der Waals surface area (Å²) in [4.78, 5) is 0. The fraction of sp³-hybridized carbons (Fsp3) is 1.00. The maximum absolute atomic E-state index is 12.5. The van der Waals surface area contributed by atoms with E-state index in [2.05, 4.69) is 0 Å². The maximum atomic E-state index is 12.5. The summed E-state index contributed by atoms with van der Waals surface area (Å²) in [7, 11) is 0. The largest absolute Gasteiger partial charge is 0.392 e. The van der Waals surface area contributed by atoms with Crippen LogP contribution in [0.15, 0.2) is 0 Å². The first-order valence-electron chi connectivity index (χ1n) is 4.89. The van der Waals surface area contributed by atoms with Crippen LogP contribution in [0, 0.1) is 23.7 Å². The molecule has 0 radical (unpaired) electrons. The molecular weight excluding hydrogens is 177 g/mol. The monoisotopic (exact) mass is 194 g/mol. The van der Waals surface area contributed by atoms with E-state index in [-0.39, 0.29) is 11.8 Å². The molecule has 3 heteroatoms. The van der Waals surface area contributed by atoms with Gasteiger partial charge in [-0.15, -0.1) is 0 Å². The van der Waals surface area contributed by atoms with Crippen LogP contribution in [0.5, 0.6) is 0 Å². The Morgan fingerprint density at radius 2 is 1.31 bits per heavy atom. The van der Waals surface area contributed by atoms with Gasteiger partial charge in [0.25, 0.3) is 0 Å². The number of halogens is 3. The topological polar surface area (TPSA) is 0 Å². The molecule has 0 amide bonds. The molecular formula is C10H17F3. The molecule has 0 aromatic carbocycles. The maximum Gasteiger partial charge on any atom is 0.392 e. The number of hydrogen-bond donors (Lipinski definition) is 0. The molecule has 0 spiro atoms. The van der Waals surface area contributed by atoms with Crippen molar-refractivity contribution in [1.29, 1.82) is 0 Å². The van der Waals surface area contributed by atoms with Crippen molar-refractivity contribution < 1.29 is 13.2 Å². The van der Waals surface area contributed by atoms with Gasteiger partial charge in [-0.2, -0.15) is 13.2 Å². The summed E-state index contributed by atoms with van der Waals surface area (Å²) >= 11 is 0. The molecule has 0 bridgehead atoms. The lowest BCUT2D eigenvalue weighted by Crippen LogP contribution is -2.37. The molecule has 4 unspecified atom stereocenters. The van der Waals surface area contributed by atoms with Crippen LogP contribution in [0.25, 0.3) is 0 Å². The highest BCUT2D eigenvalue weighted by Gasteiger charge is 2.46. The predicted molar refractivity (Wildman–Crippen MR) is 46.3 cm³/mol. The van der Waals surface area contributed by atoms with E-state index in [4.69, 9.17) is 0 Å². The molecule has 4 atom stereocenters. The van der Waals surface area contributed by atoms with Crippen LogP contribution in [-0.4, -0.2) is 6.18 Å². The third-order valence-electron chi connectivity index (χ3n) is 3.45. The lowest BCUT2D eigenvalue weighted by atomic mass is 9.70. The zero-order valence-corrected chi connectivity index (χ0v) is 8.36. The van der Waals surface area contributed by atoms with Crippen LogP contribution < -0.4 is 0 Å². The number of rotatable bonds is 0. The van der Waals surface area contributed by atoms with Crippen molar-refractivity contribution in [2.75, 3.05) is 0 Å². The third-order valence-corrected chi connectivity index (χ3v) is 3.45. The van der Waals surface area contributed by atoms with Crippen LogP contribution in [0.3, 0.4) is 0 Å². The normalized spacial score (nSPS) is 42.0. The SMILES string of the molecule is CC1CC(C)C(C(F)(F)F)CC1C. The molecule has 0 heterocycles. The van der Waals surface area contributed by atoms with Gasteiger partial charge < -0.3 is 0 Å². The second-order valence-electron chi connectivity index (χ2n) is 4.55. The average Bonchev–Trinajstić information content (AvgIpc) is 1.94. The van der Waals surface area contributed by atoms with E-state index in [1.54, 1.807) is 6.92 Å². The fourth-order valence-corrected chi connectivity index (χ4v) is 2.30. The minimum Gasteiger partial charge on any atom is -0.171 e. The van der Waals surface area contributed by atoms with Gasteiger partial charge in [-0.1, -0.05) is 20.8 Å². The van der Waals surface area contributed by atoms with Gasteiger partial charge in [-0.05, 0) is 30.6 Å². The van der Waals surface area contributed by atoms with Crippen molar-refractivity contribution in [2.45, 2.75) is 39.8 Å². The van der Waals surface area contributed by atoms with Crippen LogP contribution in [0.4, 0.5) is 13.2 Å². The Bertz CT molecular complexity index is 173. The van der Waals surface area contributed by atoms with Gasteiger partial charge in [-0.25, -0.2) is 0 Å². The quantitative estimate of drug-likeness (QED) is 0.549. The molecule has 1 aliphatic carbocycles. The Balaban J connectivity index is 2.67. The first-order valence-corrected chi connectivity index (χ1v) is 4.89. The molecule has 0 aliphatic heterocycles. The van der Waals surface area contributed by atoms with Gasteiger partial charge in [-0.3, -0.25) is 0 Å². The Morgan fingerprint density at radius 3 is 1.77 bits per heavy atom. The highest BCUT2D eigenvalue weighted by atomic mass is 19.4. The number of hydrogen-bond acceptors (Lipinski definition) is 0. The summed E-state index contributed by atoms with van der Waals surface area (Å²) in [5.41, 5.74) is 0. The molecule has 78 valence electrons. The van der Waals surface area contributed by atoms with Crippen LogP contribution in [0.1, 0.15) is 33.6 Å². The zero-order chi connectivity index (χ0) is 10.2. The Labute approximate surface area is 77.5 Å². The molecule has 1 rings (SSSR count). The molecule has 1 aliphatic rings. The van der Waals surface area contributed by atoms with E-state index in [1.807, 2.05) is 13.8 Å². The van der Waals surface area contributed by atoms with Gasteiger partial charge >= 0.3 is 6.18 Å². The number of alkyl halides is 3. The summed E-state index contributed by atoms with van der Waals surface area (Å²) < 4.78 is 37.5. The minimum atomic E-state index is -3.99. The molecule has 0 aromatic rings. The highest BCUT2D eigenvalue weighted by molar-refractivity contribution is 4.83. The molecule has 0 nitrogen and oxygen atoms in total. The van der Waals surface area contributed by atoms with Crippen LogP contribution in [0.2, 0.25) is 0 Å². The standard InChI is InChI=1S/C10H17F3/c1-6-4-8(3)9(5-7(6)2)10(11,12)13/h6-9H,4-5H2,1-3H3. The van der Waals surface area contributed by atoms with E-state index in [0.29, 0.717) is 18.8 Å². The van der Waals surface area contributed by atoms with E-state index >= 15 is 0 Å². The van der Waals surface area contributed by atoms with E-state index in [1.165, 1.54) is 0 Å². The van der Waals surface area contributed by atoms with Crippen LogP contribution in [-0.2, 0) is 0 Å². The molecule has 1 fully saturated rings. The van der Waals surface area contributed by atoms with Crippen molar-refractivity contribution in [3.63, 3.8) is 0 Å². The predicted octanol–water partition coefficient (Wildman–Crippen LogP) is 3.87. The Kier molecular flexibility index (Phi) is 2.93. The highest BCUT2D eigenvalue weighted by Crippen LogP contribution is 2.45. The average molecular weight is 194 g/mol. The summed E-state index contributed by atoms with van der Waals surface area (Å²) in [5, 5.41) is 0. The molecule has 0 saturated heterocycles. The molecule has 13 heavy (non-hydrogen) atoms. The van der Waals surface area contributed by atoms with Crippen molar-refractivity contribution in [2.24, 2.45) is 23.7 Å². The fourth-order valence-electron chi connectivity index (χ4n) is 2.30. The summed E-state index contributed by atoms with van der Waals surface area (Å²) in [6.07, 6.45) is -2.97. The Hall–Kier alpha value is -0.210. The van der Waals surface area contributed by atoms with Crippen LogP contribution >= 0.6 is 0 Å². The molecule has 0 aromatic heterocycles. The van der Waals surface area contributed by atoms with Gasteiger partial charge in [0.1, 0.15) is 0 Å².